The van der Waals surface area contributed by atoms with Crippen LogP contribution in [-0.4, -0.2) is 60.9 Å². The highest BCUT2D eigenvalue weighted by Crippen LogP contribution is 2.33. The molecular formula is C28H32BrN3O7S2. The number of hydrogen-bond acceptors (Lipinski definition) is 7. The summed E-state index contributed by atoms with van der Waals surface area (Å²) in [6, 6.07) is 15.4. The van der Waals surface area contributed by atoms with Crippen molar-refractivity contribution in [2.24, 2.45) is 0 Å². The topological polar surface area (TPSA) is 122 Å². The van der Waals surface area contributed by atoms with Gasteiger partial charge in [0.05, 0.1) is 29.3 Å². The van der Waals surface area contributed by atoms with Crippen LogP contribution in [0.2, 0.25) is 0 Å². The number of amides is 1. The lowest BCUT2D eigenvalue weighted by molar-refractivity contribution is -0.114. The molecule has 1 fully saturated rings. The third-order valence-electron chi connectivity index (χ3n) is 6.70. The molecular weight excluding hydrogens is 634 g/mol. The Bertz CT molecular complexity index is 1620. The second-order valence-electron chi connectivity index (χ2n) is 9.52. The average Bonchev–Trinajstić information content (AvgIpc) is 2.96. The van der Waals surface area contributed by atoms with Crippen molar-refractivity contribution in [2.75, 3.05) is 43.5 Å². The van der Waals surface area contributed by atoms with Crippen molar-refractivity contribution in [1.82, 2.24) is 4.31 Å². The molecule has 0 unspecified atom stereocenters. The maximum Gasteiger partial charge on any atom is 0.264 e. The van der Waals surface area contributed by atoms with E-state index in [2.05, 4.69) is 21.2 Å². The molecule has 3 aromatic rings. The molecule has 0 saturated carbocycles. The summed E-state index contributed by atoms with van der Waals surface area (Å²) in [4.78, 5) is 13.2. The number of hydrogen-bond donors (Lipinski definition) is 1. The third-order valence-corrected chi connectivity index (χ3v) is 11.0. The summed E-state index contributed by atoms with van der Waals surface area (Å²) in [5.74, 6) is -0.0471. The second kappa shape index (κ2) is 12.8. The van der Waals surface area contributed by atoms with Crippen LogP contribution in [0.4, 0.5) is 11.4 Å². The van der Waals surface area contributed by atoms with Gasteiger partial charge in [0.2, 0.25) is 15.9 Å². The predicted octanol–water partition coefficient (Wildman–Crippen LogP) is 4.78. The van der Waals surface area contributed by atoms with Gasteiger partial charge < -0.3 is 14.8 Å². The number of sulfonamides is 2. The number of ether oxygens (including phenoxy) is 2. The van der Waals surface area contributed by atoms with Crippen LogP contribution in [0.5, 0.6) is 11.5 Å². The zero-order valence-electron chi connectivity index (χ0n) is 23.0. The first kappa shape index (κ1) is 30.8. The predicted molar refractivity (Wildman–Crippen MR) is 161 cm³/mol. The third kappa shape index (κ3) is 6.85. The van der Waals surface area contributed by atoms with Crippen molar-refractivity contribution in [3.63, 3.8) is 0 Å². The van der Waals surface area contributed by atoms with Gasteiger partial charge in [0.25, 0.3) is 10.0 Å². The molecule has 1 aliphatic heterocycles. The van der Waals surface area contributed by atoms with E-state index in [-0.39, 0.29) is 21.2 Å². The van der Waals surface area contributed by atoms with Crippen LogP contribution >= 0.6 is 15.9 Å². The van der Waals surface area contributed by atoms with E-state index in [1.807, 2.05) is 6.92 Å². The van der Waals surface area contributed by atoms with Crippen LogP contribution in [-0.2, 0) is 24.8 Å². The summed E-state index contributed by atoms with van der Waals surface area (Å²) < 4.78 is 67.7. The summed E-state index contributed by atoms with van der Waals surface area (Å²) in [5.41, 5.74) is 1.41. The summed E-state index contributed by atoms with van der Waals surface area (Å²) in [5, 5.41) is 2.66. The average molecular weight is 667 g/mol. The number of halogens is 1. The molecule has 0 radical (unpaired) electrons. The number of piperidine rings is 1. The molecule has 41 heavy (non-hydrogen) atoms. The lowest BCUT2D eigenvalue weighted by atomic mass is 10.2. The van der Waals surface area contributed by atoms with Crippen LogP contribution in [0, 0.1) is 6.92 Å². The molecule has 220 valence electrons. The molecule has 0 atom stereocenters. The van der Waals surface area contributed by atoms with E-state index in [4.69, 9.17) is 9.47 Å². The van der Waals surface area contributed by atoms with Gasteiger partial charge in [-0.1, -0.05) is 24.1 Å². The molecule has 1 aliphatic rings. The van der Waals surface area contributed by atoms with Crippen LogP contribution < -0.4 is 19.1 Å². The quantitative estimate of drug-likeness (QED) is 0.331. The number of anilines is 2. The zero-order chi connectivity index (χ0) is 29.8. The van der Waals surface area contributed by atoms with Crippen molar-refractivity contribution < 1.29 is 31.1 Å². The highest BCUT2D eigenvalue weighted by atomic mass is 79.9. The SMILES string of the molecule is COc1ccc(S(=O)(=O)N(CC(=O)Nc2ccc(OC)c(S(=O)(=O)N3CCCCC3)c2)c2ccc(C)cc2)cc1Br. The summed E-state index contributed by atoms with van der Waals surface area (Å²) >= 11 is 3.32. The number of methoxy groups -OCH3 is 2. The largest absolute Gasteiger partial charge is 0.496 e. The minimum Gasteiger partial charge on any atom is -0.496 e. The number of carbonyl (C=O) groups excluding carboxylic acids is 1. The van der Waals surface area contributed by atoms with E-state index in [9.17, 15) is 21.6 Å². The fourth-order valence-electron chi connectivity index (χ4n) is 4.49. The van der Waals surface area contributed by atoms with Gasteiger partial charge in [-0.2, -0.15) is 4.31 Å². The van der Waals surface area contributed by atoms with E-state index in [0.29, 0.717) is 29.0 Å². The standard InChI is InChI=1S/C28H32BrN3O7S2/c1-20-7-10-22(11-8-20)32(40(34,35)23-12-14-25(38-2)24(29)18-23)19-28(33)30-21-9-13-26(39-3)27(17-21)41(36,37)31-15-5-4-6-16-31/h7-14,17-18H,4-6,15-16,19H2,1-3H3,(H,30,33). The van der Waals surface area contributed by atoms with Gasteiger partial charge in [-0.25, -0.2) is 16.8 Å². The van der Waals surface area contributed by atoms with Crippen molar-refractivity contribution in [3.05, 3.63) is 70.7 Å². The van der Waals surface area contributed by atoms with E-state index >= 15 is 0 Å². The second-order valence-corrected chi connectivity index (χ2v) is 14.1. The maximum atomic E-state index is 13.8. The molecule has 0 aliphatic carbocycles. The molecule has 1 saturated heterocycles. The Hall–Kier alpha value is -3.13. The zero-order valence-corrected chi connectivity index (χ0v) is 26.2. The minimum absolute atomic E-state index is 0.0436. The Morgan fingerprint density at radius 3 is 2.15 bits per heavy atom. The lowest BCUT2D eigenvalue weighted by Crippen LogP contribution is -2.38. The molecule has 1 amide bonds. The molecule has 0 spiro atoms. The maximum absolute atomic E-state index is 13.8. The van der Waals surface area contributed by atoms with E-state index in [1.165, 1.54) is 54.9 Å². The fourth-order valence-corrected chi connectivity index (χ4v) is 8.33. The first-order valence-electron chi connectivity index (χ1n) is 12.9. The molecule has 0 aromatic heterocycles. The summed E-state index contributed by atoms with van der Waals surface area (Å²) in [6.45, 7) is 2.13. The van der Waals surface area contributed by atoms with Gasteiger partial charge in [-0.05, 0) is 84.2 Å². The van der Waals surface area contributed by atoms with Crippen molar-refractivity contribution >= 4 is 53.3 Å². The van der Waals surface area contributed by atoms with Gasteiger partial charge in [-0.3, -0.25) is 9.10 Å². The van der Waals surface area contributed by atoms with E-state index in [0.717, 1.165) is 29.1 Å². The van der Waals surface area contributed by atoms with Crippen molar-refractivity contribution in [1.29, 1.82) is 0 Å². The Morgan fingerprint density at radius 2 is 1.54 bits per heavy atom. The van der Waals surface area contributed by atoms with Gasteiger partial charge in [0.1, 0.15) is 22.9 Å². The summed E-state index contributed by atoms with van der Waals surface area (Å²) in [6.07, 6.45) is 2.51. The Labute approximate surface area is 249 Å². The molecule has 10 nitrogen and oxygen atoms in total. The number of aryl methyl sites for hydroxylation is 1. The van der Waals surface area contributed by atoms with Crippen LogP contribution in [0.3, 0.4) is 0 Å². The number of nitrogens with one attached hydrogen (secondary N) is 1. The highest BCUT2D eigenvalue weighted by Gasteiger charge is 2.31. The molecule has 0 bridgehead atoms. The van der Waals surface area contributed by atoms with Gasteiger partial charge in [0, 0.05) is 18.8 Å². The van der Waals surface area contributed by atoms with Crippen LogP contribution in [0.15, 0.2) is 74.9 Å². The number of carbonyl (C=O) groups is 1. The van der Waals surface area contributed by atoms with Crippen molar-refractivity contribution in [3.8, 4) is 11.5 Å². The Kier molecular flexibility index (Phi) is 9.62. The Balaban J connectivity index is 1.65. The summed E-state index contributed by atoms with van der Waals surface area (Å²) in [7, 11) is -5.21. The van der Waals surface area contributed by atoms with E-state index < -0.39 is 32.5 Å². The number of benzene rings is 3. The smallest absolute Gasteiger partial charge is 0.264 e. The molecule has 1 heterocycles. The van der Waals surface area contributed by atoms with Crippen molar-refractivity contribution in [2.45, 2.75) is 36.0 Å². The first-order valence-corrected chi connectivity index (χ1v) is 16.6. The first-order chi connectivity index (χ1) is 19.5. The Morgan fingerprint density at radius 1 is 0.902 bits per heavy atom. The molecule has 3 aromatic carbocycles. The molecule has 1 N–H and O–H groups in total. The van der Waals surface area contributed by atoms with Gasteiger partial charge in [0.15, 0.2) is 0 Å². The molecule has 13 heteroatoms. The monoisotopic (exact) mass is 665 g/mol. The number of rotatable bonds is 10. The van der Waals surface area contributed by atoms with Crippen LogP contribution in [0.1, 0.15) is 24.8 Å². The minimum atomic E-state index is -4.19. The van der Waals surface area contributed by atoms with Crippen LogP contribution in [0.25, 0.3) is 0 Å². The fraction of sp³-hybridized carbons (Fsp3) is 0.321. The lowest BCUT2D eigenvalue weighted by Gasteiger charge is -2.27. The molecule has 4 rings (SSSR count). The van der Waals surface area contributed by atoms with Gasteiger partial charge >= 0.3 is 0 Å². The number of nitrogens with zero attached hydrogens (tertiary/aromatic N) is 2. The van der Waals surface area contributed by atoms with Gasteiger partial charge in [-0.15, -0.1) is 0 Å². The van der Waals surface area contributed by atoms with E-state index in [1.54, 1.807) is 24.3 Å². The normalized spacial score (nSPS) is 14.3. The highest BCUT2D eigenvalue weighted by molar-refractivity contribution is 9.10.